The third kappa shape index (κ3) is 1.64. The van der Waals surface area contributed by atoms with Crippen LogP contribution < -0.4 is 0 Å². The summed E-state index contributed by atoms with van der Waals surface area (Å²) in [4.78, 5) is 0.885. The fraction of sp³-hybridized carbons (Fsp3) is 0.714. The van der Waals surface area contributed by atoms with Gasteiger partial charge in [-0.3, -0.25) is 0 Å². The molecule has 4 nitrogen and oxygen atoms in total. The molecule has 0 aliphatic carbocycles. The molecular formula is C7H11FN4. The van der Waals surface area contributed by atoms with Crippen molar-refractivity contribution in [3.05, 3.63) is 0 Å². The van der Waals surface area contributed by atoms with Gasteiger partial charge in [-0.1, -0.05) is 13.3 Å². The molecule has 0 saturated heterocycles. The lowest BCUT2D eigenvalue weighted by Gasteiger charge is -2.18. The Balaban J connectivity index is 2.40. The summed E-state index contributed by atoms with van der Waals surface area (Å²) >= 11 is 0. The van der Waals surface area contributed by atoms with Gasteiger partial charge < -0.3 is 0 Å². The minimum Gasteiger partial charge on any atom is -0.244 e. The van der Waals surface area contributed by atoms with Gasteiger partial charge in [-0.05, 0) is 6.42 Å². The molecule has 1 unspecified atom stereocenters. The summed E-state index contributed by atoms with van der Waals surface area (Å²) in [6.45, 7) is 2.58. The molecular weight excluding hydrogens is 159 g/mol. The number of hydrogen-bond acceptors (Lipinski definition) is 4. The predicted octanol–water partition coefficient (Wildman–Crippen LogP) is 1.08. The number of hydrazone groups is 1. The minimum atomic E-state index is -1.40. The summed E-state index contributed by atoms with van der Waals surface area (Å²) in [5.74, 6) is 0. The predicted molar refractivity (Wildman–Crippen MR) is 42.5 cm³/mol. The van der Waals surface area contributed by atoms with Gasteiger partial charge in [0.25, 0.3) is 6.42 Å². The van der Waals surface area contributed by atoms with Crippen LogP contribution in [0.2, 0.25) is 0 Å². The van der Waals surface area contributed by atoms with Crippen LogP contribution in [0, 0.1) is 11.5 Å². The number of nitriles is 1. The SMILES string of the molecule is CCCCN1N=CN(C#N)C1F. The number of unbranched alkanes of at least 4 members (excludes halogenated alkanes) is 1. The highest BCUT2D eigenvalue weighted by Crippen LogP contribution is 2.12. The first kappa shape index (κ1) is 8.78. The average molecular weight is 170 g/mol. The Kier molecular flexibility index (Phi) is 2.86. The molecule has 12 heavy (non-hydrogen) atoms. The van der Waals surface area contributed by atoms with Gasteiger partial charge in [-0.2, -0.15) is 14.8 Å². The van der Waals surface area contributed by atoms with Gasteiger partial charge in [0, 0.05) is 6.54 Å². The maximum absolute atomic E-state index is 13.1. The van der Waals surface area contributed by atoms with Crippen LogP contribution >= 0.6 is 0 Å². The van der Waals surface area contributed by atoms with Crippen molar-refractivity contribution >= 4 is 6.34 Å². The van der Waals surface area contributed by atoms with E-state index in [-0.39, 0.29) is 0 Å². The highest BCUT2D eigenvalue weighted by atomic mass is 19.1. The summed E-state index contributed by atoms with van der Waals surface area (Å²) in [5.41, 5.74) is 0. The van der Waals surface area contributed by atoms with E-state index in [1.807, 2.05) is 6.92 Å². The van der Waals surface area contributed by atoms with Crippen molar-refractivity contribution in [1.29, 1.82) is 5.26 Å². The van der Waals surface area contributed by atoms with Crippen molar-refractivity contribution in [2.45, 2.75) is 26.2 Å². The molecule has 1 aliphatic rings. The molecule has 1 atom stereocenters. The second-order valence-corrected chi connectivity index (χ2v) is 2.57. The van der Waals surface area contributed by atoms with E-state index in [2.05, 4.69) is 5.10 Å². The molecule has 0 radical (unpaired) electrons. The van der Waals surface area contributed by atoms with Crippen molar-refractivity contribution in [3.8, 4) is 6.19 Å². The van der Waals surface area contributed by atoms with Crippen molar-refractivity contribution in [3.63, 3.8) is 0 Å². The zero-order chi connectivity index (χ0) is 8.97. The second kappa shape index (κ2) is 3.90. The van der Waals surface area contributed by atoms with E-state index in [1.165, 1.54) is 11.3 Å². The summed E-state index contributed by atoms with van der Waals surface area (Å²) in [7, 11) is 0. The van der Waals surface area contributed by atoms with E-state index in [4.69, 9.17) is 5.26 Å². The van der Waals surface area contributed by atoms with Crippen LogP contribution in [0.25, 0.3) is 0 Å². The van der Waals surface area contributed by atoms with E-state index in [0.717, 1.165) is 17.7 Å². The molecule has 1 heterocycles. The molecule has 0 aromatic heterocycles. The summed E-state index contributed by atoms with van der Waals surface area (Å²) < 4.78 is 13.1. The normalized spacial score (nSPS) is 21.6. The molecule has 0 aromatic rings. The van der Waals surface area contributed by atoms with Gasteiger partial charge in [0.05, 0.1) is 0 Å². The van der Waals surface area contributed by atoms with Gasteiger partial charge in [-0.15, -0.1) is 0 Å². The number of alkyl halides is 1. The van der Waals surface area contributed by atoms with E-state index in [0.29, 0.717) is 6.54 Å². The first-order chi connectivity index (χ1) is 5.79. The van der Waals surface area contributed by atoms with Gasteiger partial charge in [0.1, 0.15) is 6.34 Å². The summed E-state index contributed by atoms with van der Waals surface area (Å²) in [6, 6.07) is 0. The summed E-state index contributed by atoms with van der Waals surface area (Å²) in [6.07, 6.45) is 3.37. The van der Waals surface area contributed by atoms with Crippen LogP contribution in [0.3, 0.4) is 0 Å². The van der Waals surface area contributed by atoms with Crippen LogP contribution in [0.15, 0.2) is 5.10 Å². The molecule has 5 heteroatoms. The quantitative estimate of drug-likeness (QED) is 0.470. The second-order valence-electron chi connectivity index (χ2n) is 2.57. The molecule has 0 bridgehead atoms. The number of rotatable bonds is 3. The lowest BCUT2D eigenvalue weighted by Crippen LogP contribution is -2.33. The van der Waals surface area contributed by atoms with Crippen molar-refractivity contribution in [2.24, 2.45) is 5.10 Å². The van der Waals surface area contributed by atoms with E-state index >= 15 is 0 Å². The van der Waals surface area contributed by atoms with Gasteiger partial charge in [0.15, 0.2) is 6.19 Å². The topological polar surface area (TPSA) is 42.6 Å². The fourth-order valence-electron chi connectivity index (χ4n) is 0.933. The Morgan fingerprint density at radius 3 is 3.00 bits per heavy atom. The smallest absolute Gasteiger partial charge is 0.244 e. The van der Waals surface area contributed by atoms with Gasteiger partial charge >= 0.3 is 0 Å². The maximum atomic E-state index is 13.1. The number of hydrogen-bond donors (Lipinski definition) is 0. The Morgan fingerprint density at radius 1 is 1.75 bits per heavy atom. The zero-order valence-electron chi connectivity index (χ0n) is 6.94. The highest BCUT2D eigenvalue weighted by Gasteiger charge is 2.26. The third-order valence-corrected chi connectivity index (χ3v) is 1.66. The monoisotopic (exact) mass is 170 g/mol. The van der Waals surface area contributed by atoms with Crippen LogP contribution in [-0.2, 0) is 0 Å². The molecule has 0 N–H and O–H groups in total. The van der Waals surface area contributed by atoms with Crippen LogP contribution in [-0.4, -0.2) is 29.2 Å². The van der Waals surface area contributed by atoms with E-state index in [1.54, 1.807) is 6.19 Å². The summed E-state index contributed by atoms with van der Waals surface area (Å²) in [5, 5.41) is 13.4. The minimum absolute atomic E-state index is 0.562. The maximum Gasteiger partial charge on any atom is 0.277 e. The van der Waals surface area contributed by atoms with E-state index in [9.17, 15) is 4.39 Å². The Bertz CT molecular complexity index is 210. The highest BCUT2D eigenvalue weighted by molar-refractivity contribution is 5.58. The lowest BCUT2D eigenvalue weighted by atomic mass is 10.3. The molecule has 1 aliphatic heterocycles. The first-order valence-corrected chi connectivity index (χ1v) is 3.92. The van der Waals surface area contributed by atoms with Crippen LogP contribution in [0.4, 0.5) is 4.39 Å². The van der Waals surface area contributed by atoms with Crippen molar-refractivity contribution < 1.29 is 4.39 Å². The number of halogens is 1. The van der Waals surface area contributed by atoms with Crippen molar-refractivity contribution in [2.75, 3.05) is 6.54 Å². The molecule has 0 aromatic carbocycles. The van der Waals surface area contributed by atoms with Gasteiger partial charge in [0.2, 0.25) is 0 Å². The Hall–Kier alpha value is -1.31. The average Bonchev–Trinajstić information content (AvgIpc) is 2.43. The largest absolute Gasteiger partial charge is 0.277 e. The Labute approximate surface area is 70.9 Å². The molecule has 66 valence electrons. The zero-order valence-corrected chi connectivity index (χ0v) is 6.94. The third-order valence-electron chi connectivity index (χ3n) is 1.66. The van der Waals surface area contributed by atoms with Crippen LogP contribution in [0.5, 0.6) is 0 Å². The first-order valence-electron chi connectivity index (χ1n) is 3.92. The molecule has 0 amide bonds. The van der Waals surface area contributed by atoms with E-state index < -0.39 is 6.42 Å². The molecule has 0 saturated carbocycles. The lowest BCUT2D eigenvalue weighted by molar-refractivity contribution is 0.0392. The molecule has 1 rings (SSSR count). The van der Waals surface area contributed by atoms with Gasteiger partial charge in [-0.25, -0.2) is 9.91 Å². The fourth-order valence-corrected chi connectivity index (χ4v) is 0.933. The molecule has 0 spiro atoms. The Morgan fingerprint density at radius 2 is 2.50 bits per heavy atom. The van der Waals surface area contributed by atoms with Crippen LogP contribution in [0.1, 0.15) is 19.8 Å². The standard InChI is InChI=1S/C7H11FN4/c1-2-3-4-12-7(8)11(5-9)6-10-12/h6-7H,2-4H2,1H3. The van der Waals surface area contributed by atoms with Crippen molar-refractivity contribution in [1.82, 2.24) is 9.91 Å². The molecule has 0 fully saturated rings. The number of nitrogens with zero attached hydrogens (tertiary/aromatic N) is 4.